The second-order valence-electron chi connectivity index (χ2n) is 6.73. The molecule has 6 heteroatoms. The van der Waals surface area contributed by atoms with Gasteiger partial charge in [0.05, 0.1) is 11.3 Å². The summed E-state index contributed by atoms with van der Waals surface area (Å²) in [4.78, 5) is 27.3. The summed E-state index contributed by atoms with van der Waals surface area (Å²) in [6.07, 6.45) is 3.64. The Bertz CT molecular complexity index is 1030. The van der Waals surface area contributed by atoms with Crippen molar-refractivity contribution in [1.29, 1.82) is 0 Å². The second-order valence-corrected chi connectivity index (χ2v) is 6.73. The minimum Gasteiger partial charge on any atom is -0.360 e. The molecule has 136 valence electrons. The van der Waals surface area contributed by atoms with Crippen LogP contribution in [0.4, 0.5) is 5.69 Å². The van der Waals surface area contributed by atoms with Gasteiger partial charge in [-0.05, 0) is 43.5 Å². The zero-order chi connectivity index (χ0) is 18.8. The van der Waals surface area contributed by atoms with Gasteiger partial charge >= 0.3 is 0 Å². The van der Waals surface area contributed by atoms with Gasteiger partial charge in [-0.2, -0.15) is 5.10 Å². The van der Waals surface area contributed by atoms with Crippen molar-refractivity contribution < 1.29 is 9.59 Å². The predicted octanol–water partition coefficient (Wildman–Crippen LogP) is 3.67. The Morgan fingerprint density at radius 2 is 1.81 bits per heavy atom. The summed E-state index contributed by atoms with van der Waals surface area (Å²) in [6, 6.07) is 15.1. The number of amides is 2. The molecular formula is C21H20N4O2. The maximum absolute atomic E-state index is 12.4. The number of nitrogens with zero attached hydrogens (tertiary/aromatic N) is 1. The Kier molecular flexibility index (Phi) is 4.46. The Morgan fingerprint density at radius 3 is 2.56 bits per heavy atom. The molecule has 0 saturated heterocycles. The summed E-state index contributed by atoms with van der Waals surface area (Å²) in [5, 5.41) is 7.97. The molecule has 4 rings (SSSR count). The lowest BCUT2D eigenvalue weighted by Crippen LogP contribution is -2.19. The van der Waals surface area contributed by atoms with E-state index in [4.69, 9.17) is 0 Å². The molecule has 0 atom stereocenters. The molecule has 2 amide bonds. The number of rotatable bonds is 5. The standard InChI is InChI=1S/C21H20N4O2/c1-13(14-8-10-16(11-9-14)23-20(26)15-6-7-15)24-25-21(27)18-12-22-19-5-3-2-4-17(18)19/h2-5,8-12,15,22H,6-7H2,1H3,(H,23,26)(H,25,27). The highest BCUT2D eigenvalue weighted by Gasteiger charge is 2.29. The fourth-order valence-electron chi connectivity index (χ4n) is 2.90. The summed E-state index contributed by atoms with van der Waals surface area (Å²) in [5.74, 6) is -0.00746. The van der Waals surface area contributed by atoms with Gasteiger partial charge in [-0.15, -0.1) is 0 Å². The van der Waals surface area contributed by atoms with Gasteiger partial charge in [-0.25, -0.2) is 5.43 Å². The molecule has 0 radical (unpaired) electrons. The number of hydrazone groups is 1. The molecule has 1 aromatic heterocycles. The van der Waals surface area contributed by atoms with Gasteiger partial charge in [0.2, 0.25) is 5.91 Å². The monoisotopic (exact) mass is 360 g/mol. The number of aromatic amines is 1. The molecule has 0 bridgehead atoms. The van der Waals surface area contributed by atoms with Crippen LogP contribution in [0.15, 0.2) is 59.8 Å². The Labute approximate surface area is 156 Å². The second kappa shape index (κ2) is 7.07. The molecule has 2 aromatic carbocycles. The Hall–Kier alpha value is -3.41. The minimum absolute atomic E-state index is 0.0825. The first-order chi connectivity index (χ1) is 13.1. The molecule has 1 fully saturated rings. The molecule has 0 unspecified atom stereocenters. The smallest absolute Gasteiger partial charge is 0.273 e. The summed E-state index contributed by atoms with van der Waals surface area (Å²) in [6.45, 7) is 1.83. The molecule has 3 aromatic rings. The van der Waals surface area contributed by atoms with E-state index in [0.717, 1.165) is 35.0 Å². The number of benzene rings is 2. The van der Waals surface area contributed by atoms with Crippen LogP contribution in [0.5, 0.6) is 0 Å². The quantitative estimate of drug-likeness (QED) is 0.479. The summed E-state index contributed by atoms with van der Waals surface area (Å²) in [5.41, 5.74) is 6.40. The van der Waals surface area contributed by atoms with Gasteiger partial charge in [-0.1, -0.05) is 30.3 Å². The van der Waals surface area contributed by atoms with Crippen LogP contribution in [-0.4, -0.2) is 22.5 Å². The summed E-state index contributed by atoms with van der Waals surface area (Å²) in [7, 11) is 0. The fourth-order valence-corrected chi connectivity index (χ4v) is 2.90. The van der Waals surface area contributed by atoms with E-state index in [-0.39, 0.29) is 17.7 Å². The van der Waals surface area contributed by atoms with Crippen molar-refractivity contribution in [3.63, 3.8) is 0 Å². The lowest BCUT2D eigenvalue weighted by molar-refractivity contribution is -0.117. The number of fused-ring (bicyclic) bond motifs is 1. The highest BCUT2D eigenvalue weighted by molar-refractivity contribution is 6.07. The van der Waals surface area contributed by atoms with Crippen LogP contribution >= 0.6 is 0 Å². The number of para-hydroxylation sites is 1. The number of hydrogen-bond donors (Lipinski definition) is 3. The average molecular weight is 360 g/mol. The van der Waals surface area contributed by atoms with E-state index in [1.807, 2.05) is 55.5 Å². The van der Waals surface area contributed by atoms with Crippen LogP contribution in [0.25, 0.3) is 10.9 Å². The maximum Gasteiger partial charge on any atom is 0.273 e. The van der Waals surface area contributed by atoms with Crippen molar-refractivity contribution in [2.45, 2.75) is 19.8 Å². The lowest BCUT2D eigenvalue weighted by atomic mass is 10.1. The van der Waals surface area contributed by atoms with Crippen molar-refractivity contribution >= 4 is 34.1 Å². The molecule has 27 heavy (non-hydrogen) atoms. The molecule has 6 nitrogen and oxygen atoms in total. The number of H-pyrrole nitrogens is 1. The zero-order valence-electron chi connectivity index (χ0n) is 15.0. The van der Waals surface area contributed by atoms with Gasteiger partial charge in [0.1, 0.15) is 0 Å². The zero-order valence-corrected chi connectivity index (χ0v) is 15.0. The van der Waals surface area contributed by atoms with E-state index in [2.05, 4.69) is 20.8 Å². The number of nitrogens with one attached hydrogen (secondary N) is 3. The first-order valence-electron chi connectivity index (χ1n) is 8.94. The first-order valence-corrected chi connectivity index (χ1v) is 8.94. The highest BCUT2D eigenvalue weighted by Crippen LogP contribution is 2.30. The largest absolute Gasteiger partial charge is 0.360 e. The molecule has 0 aliphatic heterocycles. The number of hydrogen-bond acceptors (Lipinski definition) is 3. The Morgan fingerprint density at radius 1 is 1.07 bits per heavy atom. The highest BCUT2D eigenvalue weighted by atomic mass is 16.2. The van der Waals surface area contributed by atoms with Gasteiger partial charge in [0.25, 0.3) is 5.91 Å². The van der Waals surface area contributed by atoms with E-state index in [0.29, 0.717) is 11.3 Å². The number of carbonyl (C=O) groups is 2. The maximum atomic E-state index is 12.4. The van der Waals surface area contributed by atoms with E-state index in [1.54, 1.807) is 6.20 Å². The number of aromatic nitrogens is 1. The van der Waals surface area contributed by atoms with Crippen LogP contribution in [-0.2, 0) is 4.79 Å². The van der Waals surface area contributed by atoms with Crippen LogP contribution < -0.4 is 10.7 Å². The van der Waals surface area contributed by atoms with Crippen LogP contribution in [0.1, 0.15) is 35.7 Å². The van der Waals surface area contributed by atoms with Crippen molar-refractivity contribution in [2.75, 3.05) is 5.32 Å². The fraction of sp³-hybridized carbons (Fsp3) is 0.190. The minimum atomic E-state index is -0.264. The normalized spacial score (nSPS) is 14.2. The van der Waals surface area contributed by atoms with E-state index in [1.165, 1.54) is 0 Å². The average Bonchev–Trinajstić information content (AvgIpc) is 3.46. The van der Waals surface area contributed by atoms with Gasteiger partial charge in [-0.3, -0.25) is 9.59 Å². The van der Waals surface area contributed by atoms with Crippen molar-refractivity contribution in [3.05, 3.63) is 65.9 Å². The van der Waals surface area contributed by atoms with Crippen LogP contribution in [0, 0.1) is 5.92 Å². The van der Waals surface area contributed by atoms with Crippen molar-refractivity contribution in [3.8, 4) is 0 Å². The summed E-state index contributed by atoms with van der Waals surface area (Å²) < 4.78 is 0. The third-order valence-electron chi connectivity index (χ3n) is 4.68. The van der Waals surface area contributed by atoms with Crippen molar-refractivity contribution in [2.24, 2.45) is 11.0 Å². The molecule has 0 spiro atoms. The van der Waals surface area contributed by atoms with Gasteiger partial charge in [0.15, 0.2) is 0 Å². The predicted molar refractivity (Wildman–Crippen MR) is 106 cm³/mol. The van der Waals surface area contributed by atoms with Crippen LogP contribution in [0.3, 0.4) is 0 Å². The summed E-state index contributed by atoms with van der Waals surface area (Å²) >= 11 is 0. The van der Waals surface area contributed by atoms with Crippen LogP contribution in [0.2, 0.25) is 0 Å². The van der Waals surface area contributed by atoms with Gasteiger partial charge in [0, 0.05) is 28.7 Å². The first kappa shape index (κ1) is 17.0. The molecule has 1 aliphatic carbocycles. The van der Waals surface area contributed by atoms with E-state index in [9.17, 15) is 9.59 Å². The SMILES string of the molecule is CC(=NNC(=O)c1c[nH]c2ccccc12)c1ccc(NC(=O)C2CC2)cc1. The molecule has 1 heterocycles. The van der Waals surface area contributed by atoms with E-state index >= 15 is 0 Å². The molecular weight excluding hydrogens is 340 g/mol. The third-order valence-corrected chi connectivity index (χ3v) is 4.68. The third kappa shape index (κ3) is 3.74. The topological polar surface area (TPSA) is 86.3 Å². The number of carbonyl (C=O) groups excluding carboxylic acids is 2. The van der Waals surface area contributed by atoms with E-state index < -0.39 is 0 Å². The number of anilines is 1. The molecule has 1 aliphatic rings. The van der Waals surface area contributed by atoms with Crippen molar-refractivity contribution in [1.82, 2.24) is 10.4 Å². The molecule has 1 saturated carbocycles. The lowest BCUT2D eigenvalue weighted by Gasteiger charge is -2.06. The van der Waals surface area contributed by atoms with Gasteiger partial charge < -0.3 is 10.3 Å². The molecule has 3 N–H and O–H groups in total. The Balaban J connectivity index is 1.42.